The summed E-state index contributed by atoms with van der Waals surface area (Å²) in [7, 11) is 0. The minimum atomic E-state index is -0.103. The van der Waals surface area contributed by atoms with Crippen molar-refractivity contribution in [2.45, 2.75) is 0 Å². The Morgan fingerprint density at radius 3 is 2.65 bits per heavy atom. The molecule has 0 atom stereocenters. The number of fused-ring (bicyclic) bond motifs is 1. The van der Waals surface area contributed by atoms with Crippen LogP contribution >= 0.6 is 0 Å². The smallest absolute Gasteiger partial charge is 0.220 e. The summed E-state index contributed by atoms with van der Waals surface area (Å²) in [6.07, 6.45) is 1.46. The van der Waals surface area contributed by atoms with Crippen LogP contribution in [-0.4, -0.2) is 4.98 Å². The van der Waals surface area contributed by atoms with Gasteiger partial charge in [0.25, 0.3) is 0 Å². The van der Waals surface area contributed by atoms with Crippen molar-refractivity contribution < 1.29 is 9.15 Å². The van der Waals surface area contributed by atoms with Crippen molar-refractivity contribution in [3.05, 3.63) is 88.9 Å². The van der Waals surface area contributed by atoms with Crippen LogP contribution in [0.5, 0.6) is 11.6 Å². The fourth-order valence-electron chi connectivity index (χ4n) is 2.64. The van der Waals surface area contributed by atoms with Crippen LogP contribution in [-0.2, 0) is 0 Å². The molecule has 26 heavy (non-hydrogen) atoms. The summed E-state index contributed by atoms with van der Waals surface area (Å²) in [5.74, 6) is 0.766. The first kappa shape index (κ1) is 15.6. The van der Waals surface area contributed by atoms with E-state index in [9.17, 15) is 4.79 Å². The third kappa shape index (κ3) is 2.92. The number of benzene rings is 2. The number of aromatic nitrogens is 1. The molecular formula is C21H12N2O3. The summed E-state index contributed by atoms with van der Waals surface area (Å²) < 4.78 is 11.3. The molecule has 0 fully saturated rings. The van der Waals surface area contributed by atoms with Gasteiger partial charge in [-0.1, -0.05) is 36.4 Å². The predicted octanol–water partition coefficient (Wildman–Crippen LogP) is 4.52. The SMILES string of the molecule is N#Cc1cccc(Oc2ccc3c(=O)c(-c4ccccc4)coc3c2)n1. The van der Waals surface area contributed by atoms with Crippen molar-refractivity contribution in [1.29, 1.82) is 5.26 Å². The number of pyridine rings is 1. The second-order valence-corrected chi connectivity index (χ2v) is 5.58. The molecule has 0 saturated heterocycles. The summed E-state index contributed by atoms with van der Waals surface area (Å²) >= 11 is 0. The van der Waals surface area contributed by atoms with Crippen molar-refractivity contribution in [3.63, 3.8) is 0 Å². The van der Waals surface area contributed by atoms with E-state index in [1.54, 1.807) is 36.4 Å². The molecule has 4 aromatic rings. The first-order valence-corrected chi connectivity index (χ1v) is 7.90. The van der Waals surface area contributed by atoms with Gasteiger partial charge in [-0.05, 0) is 23.8 Å². The van der Waals surface area contributed by atoms with Gasteiger partial charge in [-0.25, -0.2) is 4.98 Å². The van der Waals surface area contributed by atoms with E-state index in [0.29, 0.717) is 28.2 Å². The first-order chi connectivity index (χ1) is 12.7. The topological polar surface area (TPSA) is 76.1 Å². The lowest BCUT2D eigenvalue weighted by molar-refractivity contribution is 0.461. The van der Waals surface area contributed by atoms with E-state index in [4.69, 9.17) is 14.4 Å². The highest BCUT2D eigenvalue weighted by atomic mass is 16.5. The number of hydrogen-bond donors (Lipinski definition) is 0. The van der Waals surface area contributed by atoms with Gasteiger partial charge in [0.15, 0.2) is 5.43 Å². The Morgan fingerprint density at radius 1 is 1.00 bits per heavy atom. The molecule has 5 heteroatoms. The molecule has 0 aliphatic rings. The Morgan fingerprint density at radius 2 is 1.85 bits per heavy atom. The van der Waals surface area contributed by atoms with Crippen LogP contribution in [0.2, 0.25) is 0 Å². The highest BCUT2D eigenvalue weighted by molar-refractivity contribution is 5.82. The van der Waals surface area contributed by atoms with E-state index in [0.717, 1.165) is 5.56 Å². The van der Waals surface area contributed by atoms with Crippen molar-refractivity contribution in [3.8, 4) is 28.8 Å². The molecule has 2 heterocycles. The second-order valence-electron chi connectivity index (χ2n) is 5.58. The molecule has 0 bridgehead atoms. The van der Waals surface area contributed by atoms with E-state index in [1.807, 2.05) is 36.4 Å². The van der Waals surface area contributed by atoms with Gasteiger partial charge < -0.3 is 9.15 Å². The van der Waals surface area contributed by atoms with Gasteiger partial charge in [-0.3, -0.25) is 4.79 Å². The van der Waals surface area contributed by atoms with Gasteiger partial charge >= 0.3 is 0 Å². The molecule has 0 unspecified atom stereocenters. The fourth-order valence-corrected chi connectivity index (χ4v) is 2.64. The molecule has 0 saturated carbocycles. The lowest BCUT2D eigenvalue weighted by Crippen LogP contribution is -2.04. The molecule has 0 aliphatic carbocycles. The summed E-state index contributed by atoms with van der Waals surface area (Å²) in [5, 5.41) is 9.37. The van der Waals surface area contributed by atoms with Gasteiger partial charge in [0, 0.05) is 12.1 Å². The molecule has 0 radical (unpaired) electrons. The van der Waals surface area contributed by atoms with E-state index in [2.05, 4.69) is 4.98 Å². The Labute approximate surface area is 148 Å². The van der Waals surface area contributed by atoms with Gasteiger partial charge in [0.2, 0.25) is 5.88 Å². The molecule has 4 rings (SSSR count). The van der Waals surface area contributed by atoms with Gasteiger partial charge in [0.1, 0.15) is 29.4 Å². The summed E-state index contributed by atoms with van der Waals surface area (Å²) in [6.45, 7) is 0. The van der Waals surface area contributed by atoms with E-state index < -0.39 is 0 Å². The molecule has 0 amide bonds. The van der Waals surface area contributed by atoms with Crippen LogP contribution in [0.1, 0.15) is 5.69 Å². The van der Waals surface area contributed by atoms with Crippen LogP contribution in [0.25, 0.3) is 22.1 Å². The van der Waals surface area contributed by atoms with E-state index in [-0.39, 0.29) is 11.1 Å². The quantitative estimate of drug-likeness (QED) is 0.548. The molecule has 0 spiro atoms. The van der Waals surface area contributed by atoms with Gasteiger partial charge in [-0.15, -0.1) is 0 Å². The molecule has 124 valence electrons. The summed E-state index contributed by atoms with van der Waals surface area (Å²) in [6, 6.07) is 21.2. The number of ether oxygens (including phenoxy) is 1. The minimum absolute atomic E-state index is 0.103. The fraction of sp³-hybridized carbons (Fsp3) is 0. The third-order valence-electron chi connectivity index (χ3n) is 3.89. The Balaban J connectivity index is 1.72. The van der Waals surface area contributed by atoms with Gasteiger partial charge in [-0.2, -0.15) is 5.26 Å². The van der Waals surface area contributed by atoms with Crippen molar-refractivity contribution in [1.82, 2.24) is 4.98 Å². The van der Waals surface area contributed by atoms with Crippen molar-refractivity contribution in [2.75, 3.05) is 0 Å². The van der Waals surface area contributed by atoms with Crippen LogP contribution in [0.15, 0.2) is 82.2 Å². The molecule has 0 N–H and O–H groups in total. The summed E-state index contributed by atoms with van der Waals surface area (Å²) in [4.78, 5) is 16.8. The maximum atomic E-state index is 12.7. The van der Waals surface area contributed by atoms with Crippen molar-refractivity contribution in [2.24, 2.45) is 0 Å². The predicted molar refractivity (Wildman–Crippen MR) is 96.9 cm³/mol. The normalized spacial score (nSPS) is 10.4. The number of rotatable bonds is 3. The number of nitrogens with zero attached hydrogens (tertiary/aromatic N) is 2. The highest BCUT2D eigenvalue weighted by Gasteiger charge is 2.10. The average Bonchev–Trinajstić information content (AvgIpc) is 2.69. The zero-order chi connectivity index (χ0) is 17.9. The van der Waals surface area contributed by atoms with Crippen LogP contribution in [0.3, 0.4) is 0 Å². The minimum Gasteiger partial charge on any atom is -0.463 e. The Kier molecular flexibility index (Phi) is 3.92. The zero-order valence-corrected chi connectivity index (χ0v) is 13.5. The lowest BCUT2D eigenvalue weighted by atomic mass is 10.1. The van der Waals surface area contributed by atoms with Crippen LogP contribution in [0, 0.1) is 11.3 Å². The molecular weight excluding hydrogens is 328 g/mol. The average molecular weight is 340 g/mol. The third-order valence-corrected chi connectivity index (χ3v) is 3.89. The number of hydrogen-bond acceptors (Lipinski definition) is 5. The zero-order valence-electron chi connectivity index (χ0n) is 13.5. The lowest BCUT2D eigenvalue weighted by Gasteiger charge is -2.06. The number of nitriles is 1. The highest BCUT2D eigenvalue weighted by Crippen LogP contribution is 2.25. The largest absolute Gasteiger partial charge is 0.463 e. The molecule has 2 aromatic heterocycles. The van der Waals surface area contributed by atoms with E-state index >= 15 is 0 Å². The Bertz CT molecular complexity index is 1190. The van der Waals surface area contributed by atoms with Gasteiger partial charge in [0.05, 0.1) is 10.9 Å². The first-order valence-electron chi connectivity index (χ1n) is 7.90. The maximum Gasteiger partial charge on any atom is 0.220 e. The molecule has 5 nitrogen and oxygen atoms in total. The molecule has 2 aromatic carbocycles. The summed E-state index contributed by atoms with van der Waals surface area (Å²) in [5.41, 5.74) is 1.90. The van der Waals surface area contributed by atoms with Crippen molar-refractivity contribution >= 4 is 11.0 Å². The van der Waals surface area contributed by atoms with Crippen LogP contribution < -0.4 is 10.2 Å². The Hall–Kier alpha value is -3.91. The van der Waals surface area contributed by atoms with E-state index in [1.165, 1.54) is 6.26 Å². The van der Waals surface area contributed by atoms with Crippen LogP contribution in [0.4, 0.5) is 0 Å². The maximum absolute atomic E-state index is 12.7. The standard InChI is InChI=1S/C21H12N2O3/c22-12-15-7-4-8-20(23-15)26-16-9-10-17-19(11-16)25-13-18(21(17)24)14-5-2-1-3-6-14/h1-11,13H. The second kappa shape index (κ2) is 6.54. The monoisotopic (exact) mass is 340 g/mol. The molecule has 0 aliphatic heterocycles.